The van der Waals surface area contributed by atoms with E-state index < -0.39 is 5.97 Å². The van der Waals surface area contributed by atoms with Gasteiger partial charge in [-0.15, -0.1) is 23.1 Å². The van der Waals surface area contributed by atoms with Crippen molar-refractivity contribution in [2.24, 2.45) is 0 Å². The summed E-state index contributed by atoms with van der Waals surface area (Å²) in [7, 11) is 0. The Balaban J connectivity index is 2.00. The molecule has 2 aromatic rings. The molecule has 0 unspecified atom stereocenters. The van der Waals surface area contributed by atoms with Gasteiger partial charge in [0.25, 0.3) is 5.91 Å². The SMILES string of the molecule is CSc1ccsc1C(=O)Nc1ccc(CCC(=O)O)cc1. The van der Waals surface area contributed by atoms with Crippen LogP contribution >= 0.6 is 23.1 Å². The molecule has 0 aliphatic rings. The lowest BCUT2D eigenvalue weighted by molar-refractivity contribution is -0.136. The van der Waals surface area contributed by atoms with Crippen molar-refractivity contribution in [3.63, 3.8) is 0 Å². The van der Waals surface area contributed by atoms with Crippen LogP contribution in [-0.4, -0.2) is 23.2 Å². The van der Waals surface area contributed by atoms with E-state index in [0.717, 1.165) is 10.5 Å². The van der Waals surface area contributed by atoms with E-state index >= 15 is 0 Å². The van der Waals surface area contributed by atoms with Gasteiger partial charge in [0.1, 0.15) is 4.88 Å². The fourth-order valence-corrected chi connectivity index (χ4v) is 3.46. The third-order valence-electron chi connectivity index (χ3n) is 2.89. The summed E-state index contributed by atoms with van der Waals surface area (Å²) in [6.07, 6.45) is 2.54. The minimum atomic E-state index is -0.810. The molecule has 110 valence electrons. The van der Waals surface area contributed by atoms with E-state index in [-0.39, 0.29) is 12.3 Å². The first-order valence-electron chi connectivity index (χ1n) is 6.33. The Labute approximate surface area is 131 Å². The Bertz CT molecular complexity index is 635. The summed E-state index contributed by atoms with van der Waals surface area (Å²) < 4.78 is 0. The van der Waals surface area contributed by atoms with Crippen LogP contribution in [0.25, 0.3) is 0 Å². The molecule has 1 heterocycles. The number of nitrogens with one attached hydrogen (secondary N) is 1. The molecule has 1 aromatic carbocycles. The highest BCUT2D eigenvalue weighted by atomic mass is 32.2. The Morgan fingerprint density at radius 1 is 1.24 bits per heavy atom. The first-order chi connectivity index (χ1) is 10.1. The molecule has 2 rings (SSSR count). The minimum Gasteiger partial charge on any atom is -0.481 e. The quantitative estimate of drug-likeness (QED) is 0.795. The van der Waals surface area contributed by atoms with E-state index in [4.69, 9.17) is 5.11 Å². The van der Waals surface area contributed by atoms with Gasteiger partial charge in [-0.25, -0.2) is 0 Å². The number of carbonyl (C=O) groups is 2. The van der Waals surface area contributed by atoms with E-state index in [1.54, 1.807) is 23.9 Å². The molecule has 0 fully saturated rings. The number of rotatable bonds is 6. The van der Waals surface area contributed by atoms with Gasteiger partial charge in [-0.05, 0) is 41.8 Å². The molecule has 0 radical (unpaired) electrons. The summed E-state index contributed by atoms with van der Waals surface area (Å²) in [6, 6.07) is 9.19. The van der Waals surface area contributed by atoms with Crippen molar-refractivity contribution in [3.05, 3.63) is 46.2 Å². The Hall–Kier alpha value is -1.79. The molecule has 21 heavy (non-hydrogen) atoms. The van der Waals surface area contributed by atoms with Crippen molar-refractivity contribution in [1.82, 2.24) is 0 Å². The van der Waals surface area contributed by atoms with Crippen LogP contribution in [0.5, 0.6) is 0 Å². The summed E-state index contributed by atoms with van der Waals surface area (Å²) in [6.45, 7) is 0. The fourth-order valence-electron chi connectivity index (χ4n) is 1.82. The van der Waals surface area contributed by atoms with Gasteiger partial charge in [-0.3, -0.25) is 9.59 Å². The van der Waals surface area contributed by atoms with Crippen molar-refractivity contribution in [1.29, 1.82) is 0 Å². The highest BCUT2D eigenvalue weighted by Gasteiger charge is 2.12. The zero-order valence-electron chi connectivity index (χ0n) is 11.5. The lowest BCUT2D eigenvalue weighted by Crippen LogP contribution is -2.11. The van der Waals surface area contributed by atoms with Crippen molar-refractivity contribution >= 4 is 40.7 Å². The van der Waals surface area contributed by atoms with Gasteiger partial charge in [0.05, 0.1) is 0 Å². The first kappa shape index (κ1) is 15.6. The molecule has 6 heteroatoms. The van der Waals surface area contributed by atoms with Gasteiger partial charge in [0.15, 0.2) is 0 Å². The van der Waals surface area contributed by atoms with Gasteiger partial charge in [-0.1, -0.05) is 12.1 Å². The molecule has 0 aliphatic heterocycles. The monoisotopic (exact) mass is 321 g/mol. The van der Waals surface area contributed by atoms with Gasteiger partial charge >= 0.3 is 5.97 Å². The molecule has 0 saturated carbocycles. The van der Waals surface area contributed by atoms with Crippen LogP contribution in [-0.2, 0) is 11.2 Å². The lowest BCUT2D eigenvalue weighted by Gasteiger charge is -2.06. The van der Waals surface area contributed by atoms with Crippen molar-refractivity contribution in [3.8, 4) is 0 Å². The first-order valence-corrected chi connectivity index (χ1v) is 8.44. The zero-order valence-corrected chi connectivity index (χ0v) is 13.1. The van der Waals surface area contributed by atoms with Crippen molar-refractivity contribution < 1.29 is 14.7 Å². The molecular weight excluding hydrogens is 306 g/mol. The number of hydrogen-bond donors (Lipinski definition) is 2. The third kappa shape index (κ3) is 4.34. The highest BCUT2D eigenvalue weighted by molar-refractivity contribution is 7.98. The largest absolute Gasteiger partial charge is 0.481 e. The number of aliphatic carboxylic acids is 1. The van der Waals surface area contributed by atoms with Crippen LogP contribution in [0, 0.1) is 0 Å². The Morgan fingerprint density at radius 2 is 1.95 bits per heavy atom. The number of hydrogen-bond acceptors (Lipinski definition) is 4. The summed E-state index contributed by atoms with van der Waals surface area (Å²) in [5, 5.41) is 13.4. The van der Waals surface area contributed by atoms with Crippen LogP contribution in [0.2, 0.25) is 0 Å². The Kier molecular flexibility index (Phi) is 5.41. The van der Waals surface area contributed by atoms with E-state index in [0.29, 0.717) is 17.0 Å². The van der Waals surface area contributed by atoms with E-state index in [9.17, 15) is 9.59 Å². The molecule has 1 amide bonds. The van der Waals surface area contributed by atoms with Crippen molar-refractivity contribution in [2.45, 2.75) is 17.7 Å². The normalized spacial score (nSPS) is 10.3. The smallest absolute Gasteiger partial charge is 0.303 e. The van der Waals surface area contributed by atoms with Gasteiger partial charge in [-0.2, -0.15) is 0 Å². The third-order valence-corrected chi connectivity index (χ3v) is 4.72. The summed E-state index contributed by atoms with van der Waals surface area (Å²) >= 11 is 2.96. The van der Waals surface area contributed by atoms with Crippen LogP contribution in [0.15, 0.2) is 40.6 Å². The molecule has 0 bridgehead atoms. The lowest BCUT2D eigenvalue weighted by atomic mass is 10.1. The van der Waals surface area contributed by atoms with Crippen LogP contribution < -0.4 is 5.32 Å². The van der Waals surface area contributed by atoms with Gasteiger partial charge < -0.3 is 10.4 Å². The molecule has 1 aromatic heterocycles. The van der Waals surface area contributed by atoms with Gasteiger partial charge in [0.2, 0.25) is 0 Å². The van der Waals surface area contributed by atoms with Crippen LogP contribution in [0.1, 0.15) is 21.7 Å². The number of carbonyl (C=O) groups excluding carboxylic acids is 1. The number of thiophene rings is 1. The Morgan fingerprint density at radius 3 is 2.57 bits per heavy atom. The standard InChI is InChI=1S/C15H15NO3S2/c1-20-12-8-9-21-14(12)15(19)16-11-5-2-10(3-6-11)4-7-13(17)18/h2-3,5-6,8-9H,4,7H2,1H3,(H,16,19)(H,17,18). The maximum atomic E-state index is 12.2. The molecule has 2 N–H and O–H groups in total. The summed E-state index contributed by atoms with van der Waals surface area (Å²) in [5.41, 5.74) is 1.65. The number of carboxylic acids is 1. The number of amides is 1. The summed E-state index contributed by atoms with van der Waals surface area (Å²) in [5.74, 6) is -0.928. The summed E-state index contributed by atoms with van der Waals surface area (Å²) in [4.78, 5) is 24.4. The predicted molar refractivity (Wildman–Crippen MR) is 86.5 cm³/mol. The second-order valence-corrected chi connectivity index (χ2v) is 6.13. The van der Waals surface area contributed by atoms with E-state index in [2.05, 4.69) is 5.32 Å². The number of carboxylic acid groups (broad SMARTS) is 1. The molecule has 0 atom stereocenters. The second-order valence-electron chi connectivity index (χ2n) is 4.36. The average Bonchev–Trinajstić information content (AvgIpc) is 2.95. The van der Waals surface area contributed by atoms with Crippen LogP contribution in [0.4, 0.5) is 5.69 Å². The zero-order chi connectivity index (χ0) is 15.2. The molecule has 0 spiro atoms. The average molecular weight is 321 g/mol. The second kappa shape index (κ2) is 7.28. The van der Waals surface area contributed by atoms with E-state index in [1.165, 1.54) is 11.3 Å². The fraction of sp³-hybridized carbons (Fsp3) is 0.200. The number of thioether (sulfide) groups is 1. The van der Waals surface area contributed by atoms with Crippen molar-refractivity contribution in [2.75, 3.05) is 11.6 Å². The molecule has 4 nitrogen and oxygen atoms in total. The maximum absolute atomic E-state index is 12.2. The predicted octanol–water partition coefficient (Wildman–Crippen LogP) is 3.74. The van der Waals surface area contributed by atoms with E-state index in [1.807, 2.05) is 29.8 Å². The highest BCUT2D eigenvalue weighted by Crippen LogP contribution is 2.26. The number of benzene rings is 1. The molecule has 0 aliphatic carbocycles. The molecule has 0 saturated heterocycles. The topological polar surface area (TPSA) is 66.4 Å². The molecular formula is C15H15NO3S2. The number of anilines is 1. The number of aryl methyl sites for hydroxylation is 1. The minimum absolute atomic E-state index is 0.109. The maximum Gasteiger partial charge on any atom is 0.303 e. The van der Waals surface area contributed by atoms with Gasteiger partial charge in [0, 0.05) is 17.0 Å². The van der Waals surface area contributed by atoms with Crippen LogP contribution in [0.3, 0.4) is 0 Å².